The number of benzene rings is 1. The van der Waals surface area contributed by atoms with Gasteiger partial charge in [0.05, 0.1) is 17.3 Å². The number of nitriles is 1. The van der Waals surface area contributed by atoms with Crippen LogP contribution in [0.25, 0.3) is 0 Å². The van der Waals surface area contributed by atoms with Crippen LogP contribution in [0.1, 0.15) is 17.0 Å². The lowest BCUT2D eigenvalue weighted by molar-refractivity contribution is 0.881. The fourth-order valence-electron chi connectivity index (χ4n) is 1.59. The normalized spacial score (nSPS) is 9.81. The number of nitrogens with one attached hydrogen (secondary N) is 1. The minimum Gasteiger partial charge on any atom is -0.294 e. The van der Waals surface area contributed by atoms with E-state index in [0.29, 0.717) is 5.56 Å². The van der Waals surface area contributed by atoms with Crippen LogP contribution in [-0.4, -0.2) is 4.68 Å². The van der Waals surface area contributed by atoms with Crippen LogP contribution in [0.3, 0.4) is 0 Å². The van der Waals surface area contributed by atoms with Gasteiger partial charge in [0.15, 0.2) is 0 Å². The largest absolute Gasteiger partial charge is 0.294 e. The Bertz CT molecular complexity index is 510. The monoisotopic (exact) mass is 211 g/mol. The highest BCUT2D eigenvalue weighted by Crippen LogP contribution is 2.12. The first-order valence-corrected chi connectivity index (χ1v) is 5.13. The molecule has 0 radical (unpaired) electrons. The number of nitrogens with zero attached hydrogens (tertiary/aromatic N) is 2. The first kappa shape index (κ1) is 10.3. The minimum atomic E-state index is 0.673. The second-order valence-electron chi connectivity index (χ2n) is 3.75. The van der Waals surface area contributed by atoms with Crippen molar-refractivity contribution in [2.24, 2.45) is 0 Å². The lowest BCUT2D eigenvalue weighted by Gasteiger charge is -2.12. The molecule has 0 bridgehead atoms. The van der Waals surface area contributed by atoms with Gasteiger partial charge in [-0.3, -0.25) is 10.1 Å². The quantitative estimate of drug-likeness (QED) is 0.829. The number of hydrogen-bond donors (Lipinski definition) is 1. The van der Waals surface area contributed by atoms with E-state index in [9.17, 15) is 0 Å². The van der Waals surface area contributed by atoms with Gasteiger partial charge < -0.3 is 0 Å². The van der Waals surface area contributed by atoms with Gasteiger partial charge in [0, 0.05) is 11.4 Å². The lowest BCUT2D eigenvalue weighted by atomic mass is 10.2. The lowest BCUT2D eigenvalue weighted by Crippen LogP contribution is -2.11. The summed E-state index contributed by atoms with van der Waals surface area (Å²) in [5.41, 5.74) is 7.23. The van der Waals surface area contributed by atoms with Gasteiger partial charge in [0.1, 0.15) is 0 Å². The molecule has 0 aliphatic rings. The Kier molecular flexibility index (Phi) is 2.65. The van der Waals surface area contributed by atoms with E-state index in [1.165, 1.54) is 0 Å². The second-order valence-corrected chi connectivity index (χ2v) is 3.75. The van der Waals surface area contributed by atoms with Crippen molar-refractivity contribution < 1.29 is 0 Å². The molecule has 1 aromatic heterocycles. The fraction of sp³-hybridized carbons (Fsp3) is 0.154. The van der Waals surface area contributed by atoms with Crippen LogP contribution in [0.5, 0.6) is 0 Å². The first-order chi connectivity index (χ1) is 7.70. The molecule has 80 valence electrons. The maximum Gasteiger partial charge on any atom is 0.0991 e. The number of aromatic nitrogens is 1. The zero-order valence-corrected chi connectivity index (χ0v) is 9.36. The van der Waals surface area contributed by atoms with Gasteiger partial charge in [0.25, 0.3) is 0 Å². The molecular formula is C13H13N3. The van der Waals surface area contributed by atoms with E-state index in [2.05, 4.69) is 23.6 Å². The van der Waals surface area contributed by atoms with E-state index >= 15 is 0 Å². The molecule has 0 atom stereocenters. The Morgan fingerprint density at radius 2 is 1.56 bits per heavy atom. The maximum atomic E-state index is 8.70. The summed E-state index contributed by atoms with van der Waals surface area (Å²) in [5.74, 6) is 0. The molecule has 0 saturated carbocycles. The summed E-state index contributed by atoms with van der Waals surface area (Å²) in [4.78, 5) is 0. The Labute approximate surface area is 94.9 Å². The summed E-state index contributed by atoms with van der Waals surface area (Å²) in [5, 5.41) is 8.70. The predicted molar refractivity (Wildman–Crippen MR) is 64.1 cm³/mol. The molecule has 0 aliphatic heterocycles. The Morgan fingerprint density at radius 1 is 1.00 bits per heavy atom. The van der Waals surface area contributed by atoms with Gasteiger partial charge >= 0.3 is 0 Å². The van der Waals surface area contributed by atoms with Crippen LogP contribution in [0.4, 0.5) is 5.69 Å². The smallest absolute Gasteiger partial charge is 0.0991 e. The molecule has 0 saturated heterocycles. The third-order valence-electron chi connectivity index (χ3n) is 2.53. The zero-order chi connectivity index (χ0) is 11.5. The van der Waals surface area contributed by atoms with Gasteiger partial charge in [-0.25, -0.2) is 0 Å². The van der Waals surface area contributed by atoms with Gasteiger partial charge in [-0.05, 0) is 50.2 Å². The Hall–Kier alpha value is -2.21. The average Bonchev–Trinajstić information content (AvgIpc) is 2.62. The van der Waals surface area contributed by atoms with E-state index < -0.39 is 0 Å². The molecule has 1 heterocycles. The van der Waals surface area contributed by atoms with Crippen molar-refractivity contribution in [3.8, 4) is 6.07 Å². The van der Waals surface area contributed by atoms with Crippen LogP contribution in [0.2, 0.25) is 0 Å². The minimum absolute atomic E-state index is 0.673. The summed E-state index contributed by atoms with van der Waals surface area (Å²) in [6.45, 7) is 4.09. The molecule has 0 aliphatic carbocycles. The van der Waals surface area contributed by atoms with Gasteiger partial charge in [0.2, 0.25) is 0 Å². The number of anilines is 1. The van der Waals surface area contributed by atoms with Gasteiger partial charge in [-0.15, -0.1) is 0 Å². The summed E-state index contributed by atoms with van der Waals surface area (Å²) >= 11 is 0. The average molecular weight is 211 g/mol. The zero-order valence-electron chi connectivity index (χ0n) is 9.36. The standard InChI is InChI=1S/C13H13N3/c1-10-3-4-11(2)16(10)15-13-7-5-12(9-14)6-8-13/h3-8,15H,1-2H3. The van der Waals surface area contributed by atoms with Crippen molar-refractivity contribution in [3.05, 3.63) is 53.3 Å². The SMILES string of the molecule is Cc1ccc(C)n1Nc1ccc(C#N)cc1. The highest BCUT2D eigenvalue weighted by molar-refractivity contribution is 5.47. The van der Waals surface area contributed by atoms with Crippen molar-refractivity contribution in [2.75, 3.05) is 5.43 Å². The third-order valence-corrected chi connectivity index (χ3v) is 2.53. The molecule has 2 rings (SSSR count). The molecular weight excluding hydrogens is 198 g/mol. The van der Waals surface area contributed by atoms with E-state index in [1.54, 1.807) is 12.1 Å². The van der Waals surface area contributed by atoms with E-state index in [4.69, 9.17) is 5.26 Å². The third kappa shape index (κ3) is 1.91. The fourth-order valence-corrected chi connectivity index (χ4v) is 1.59. The Balaban J connectivity index is 2.25. The van der Waals surface area contributed by atoms with Gasteiger partial charge in [-0.2, -0.15) is 5.26 Å². The molecule has 3 heteroatoms. The molecule has 1 aromatic carbocycles. The molecule has 0 spiro atoms. The second kappa shape index (κ2) is 4.11. The summed E-state index contributed by atoms with van der Waals surface area (Å²) in [6.07, 6.45) is 0. The molecule has 0 amide bonds. The summed E-state index contributed by atoms with van der Waals surface area (Å²) in [7, 11) is 0. The molecule has 0 fully saturated rings. The molecule has 3 nitrogen and oxygen atoms in total. The number of hydrogen-bond acceptors (Lipinski definition) is 2. The van der Waals surface area contributed by atoms with Crippen LogP contribution in [-0.2, 0) is 0 Å². The molecule has 0 unspecified atom stereocenters. The van der Waals surface area contributed by atoms with Crippen molar-refractivity contribution in [2.45, 2.75) is 13.8 Å². The number of rotatable bonds is 2. The van der Waals surface area contributed by atoms with Crippen LogP contribution < -0.4 is 5.43 Å². The molecule has 16 heavy (non-hydrogen) atoms. The van der Waals surface area contributed by atoms with Gasteiger partial charge in [-0.1, -0.05) is 0 Å². The maximum absolute atomic E-state index is 8.70. The van der Waals surface area contributed by atoms with Crippen molar-refractivity contribution in [1.82, 2.24) is 4.68 Å². The highest BCUT2D eigenvalue weighted by atomic mass is 15.4. The topological polar surface area (TPSA) is 40.8 Å². The number of aryl methyl sites for hydroxylation is 2. The predicted octanol–water partition coefficient (Wildman–Crippen LogP) is 2.85. The van der Waals surface area contributed by atoms with Crippen LogP contribution >= 0.6 is 0 Å². The van der Waals surface area contributed by atoms with E-state index in [1.807, 2.05) is 30.7 Å². The van der Waals surface area contributed by atoms with Crippen LogP contribution in [0, 0.1) is 25.2 Å². The van der Waals surface area contributed by atoms with E-state index in [-0.39, 0.29) is 0 Å². The molecule has 2 aromatic rings. The van der Waals surface area contributed by atoms with E-state index in [0.717, 1.165) is 17.1 Å². The Morgan fingerprint density at radius 3 is 2.06 bits per heavy atom. The van der Waals surface area contributed by atoms with Crippen molar-refractivity contribution in [1.29, 1.82) is 5.26 Å². The molecule has 1 N–H and O–H groups in total. The first-order valence-electron chi connectivity index (χ1n) is 5.13. The van der Waals surface area contributed by atoms with Crippen LogP contribution in [0.15, 0.2) is 36.4 Å². The highest BCUT2D eigenvalue weighted by Gasteiger charge is 2.00. The van der Waals surface area contributed by atoms with Crippen molar-refractivity contribution in [3.63, 3.8) is 0 Å². The van der Waals surface area contributed by atoms with Crippen molar-refractivity contribution >= 4 is 5.69 Å². The summed E-state index contributed by atoms with van der Waals surface area (Å²) in [6, 6.07) is 13.6. The summed E-state index contributed by atoms with van der Waals surface area (Å²) < 4.78 is 2.02.